The molecule has 1 heterocycles. The molecule has 1 aliphatic carbocycles. The predicted octanol–water partition coefficient (Wildman–Crippen LogP) is 3.55. The summed E-state index contributed by atoms with van der Waals surface area (Å²) < 4.78 is 10.8. The third-order valence-electron chi connectivity index (χ3n) is 3.96. The van der Waals surface area contributed by atoms with Crippen molar-refractivity contribution in [1.82, 2.24) is 0 Å². The molecular formula is C15H15NO3. The van der Waals surface area contributed by atoms with E-state index in [0.717, 1.165) is 42.2 Å². The molecule has 4 nitrogen and oxygen atoms in total. The zero-order valence-corrected chi connectivity index (χ0v) is 10.8. The topological polar surface area (TPSA) is 51.8 Å². The highest BCUT2D eigenvalue weighted by molar-refractivity contribution is 5.84. The van der Waals surface area contributed by atoms with Gasteiger partial charge in [0.1, 0.15) is 0 Å². The molecule has 1 fully saturated rings. The highest BCUT2D eigenvalue weighted by Gasteiger charge is 2.36. The molecule has 0 atom stereocenters. The number of rotatable bonds is 3. The molecular weight excluding hydrogens is 242 g/mol. The van der Waals surface area contributed by atoms with Gasteiger partial charge in [-0.1, -0.05) is 12.8 Å². The van der Waals surface area contributed by atoms with Gasteiger partial charge in [-0.2, -0.15) is 4.99 Å². The Bertz CT molecular complexity index is 646. The van der Waals surface area contributed by atoms with E-state index in [-0.39, 0.29) is 0 Å². The van der Waals surface area contributed by atoms with Gasteiger partial charge < -0.3 is 9.15 Å². The summed E-state index contributed by atoms with van der Waals surface area (Å²) in [6.07, 6.45) is 7.31. The van der Waals surface area contributed by atoms with E-state index in [1.807, 2.05) is 18.2 Å². The zero-order chi connectivity index (χ0) is 13.3. The molecule has 0 N–H and O–H groups in total. The fourth-order valence-corrected chi connectivity index (χ4v) is 2.98. The van der Waals surface area contributed by atoms with Crippen LogP contribution in [0.2, 0.25) is 0 Å². The first-order chi connectivity index (χ1) is 9.29. The van der Waals surface area contributed by atoms with Crippen molar-refractivity contribution >= 4 is 17.0 Å². The monoisotopic (exact) mass is 257 g/mol. The SMILES string of the molecule is COc1cc(C2(N=C=O)CCCC2)cc2ccoc12. The van der Waals surface area contributed by atoms with Crippen molar-refractivity contribution in [2.45, 2.75) is 31.2 Å². The van der Waals surface area contributed by atoms with Crippen molar-refractivity contribution in [3.63, 3.8) is 0 Å². The van der Waals surface area contributed by atoms with Crippen LogP contribution in [0.15, 0.2) is 33.9 Å². The third-order valence-corrected chi connectivity index (χ3v) is 3.96. The fraction of sp³-hybridized carbons (Fsp3) is 0.400. The van der Waals surface area contributed by atoms with Crippen LogP contribution < -0.4 is 4.74 Å². The van der Waals surface area contributed by atoms with Crippen LogP contribution in [0.5, 0.6) is 5.75 Å². The Morgan fingerprint density at radius 1 is 1.37 bits per heavy atom. The van der Waals surface area contributed by atoms with Crippen molar-refractivity contribution in [2.75, 3.05) is 7.11 Å². The average molecular weight is 257 g/mol. The van der Waals surface area contributed by atoms with Crippen molar-refractivity contribution in [3.05, 3.63) is 30.0 Å². The molecule has 4 heteroatoms. The molecule has 1 aliphatic rings. The highest BCUT2D eigenvalue weighted by atomic mass is 16.5. The number of carbonyl (C=O) groups excluding carboxylic acids is 1. The van der Waals surface area contributed by atoms with Gasteiger partial charge in [0.05, 0.1) is 18.9 Å². The van der Waals surface area contributed by atoms with Gasteiger partial charge >= 0.3 is 0 Å². The Kier molecular flexibility index (Phi) is 2.88. The normalized spacial score (nSPS) is 17.3. The summed E-state index contributed by atoms with van der Waals surface area (Å²) in [6, 6.07) is 5.86. The molecule has 0 spiro atoms. The van der Waals surface area contributed by atoms with Crippen LogP contribution in [0, 0.1) is 0 Å². The van der Waals surface area contributed by atoms with Gasteiger partial charge in [0.2, 0.25) is 6.08 Å². The van der Waals surface area contributed by atoms with Crippen LogP contribution in [0.1, 0.15) is 31.2 Å². The first-order valence-corrected chi connectivity index (χ1v) is 6.44. The number of benzene rings is 1. The lowest BCUT2D eigenvalue weighted by molar-refractivity contribution is 0.404. The van der Waals surface area contributed by atoms with Gasteiger partial charge in [-0.15, -0.1) is 0 Å². The minimum Gasteiger partial charge on any atom is -0.493 e. The number of hydrogen-bond donors (Lipinski definition) is 0. The highest BCUT2D eigenvalue weighted by Crippen LogP contribution is 2.44. The summed E-state index contributed by atoms with van der Waals surface area (Å²) in [6.45, 7) is 0. The van der Waals surface area contributed by atoms with Gasteiger partial charge in [-0.05, 0) is 36.6 Å². The zero-order valence-electron chi connectivity index (χ0n) is 10.8. The number of methoxy groups -OCH3 is 1. The summed E-state index contributed by atoms with van der Waals surface area (Å²) >= 11 is 0. The van der Waals surface area contributed by atoms with Gasteiger partial charge in [-0.3, -0.25) is 0 Å². The van der Waals surface area contributed by atoms with Crippen LogP contribution in [-0.2, 0) is 10.3 Å². The summed E-state index contributed by atoms with van der Waals surface area (Å²) in [5, 5.41) is 0.974. The molecule has 1 aromatic heterocycles. The van der Waals surface area contributed by atoms with E-state index in [0.29, 0.717) is 5.75 Å². The molecule has 0 aliphatic heterocycles. The Hall–Kier alpha value is -2.06. The van der Waals surface area contributed by atoms with Crippen LogP contribution in [0.3, 0.4) is 0 Å². The van der Waals surface area contributed by atoms with Gasteiger partial charge in [0.15, 0.2) is 11.3 Å². The second-order valence-electron chi connectivity index (χ2n) is 4.96. The van der Waals surface area contributed by atoms with E-state index in [9.17, 15) is 4.79 Å². The number of furan rings is 1. The first-order valence-electron chi connectivity index (χ1n) is 6.44. The second kappa shape index (κ2) is 4.56. The van der Waals surface area contributed by atoms with E-state index in [4.69, 9.17) is 9.15 Å². The van der Waals surface area contributed by atoms with E-state index >= 15 is 0 Å². The maximum absolute atomic E-state index is 10.8. The first kappa shape index (κ1) is 12.0. The lowest BCUT2D eigenvalue weighted by Gasteiger charge is -2.23. The molecule has 0 saturated heterocycles. The molecule has 0 amide bonds. The van der Waals surface area contributed by atoms with E-state index in [1.165, 1.54) is 0 Å². The molecule has 19 heavy (non-hydrogen) atoms. The number of nitrogens with zero attached hydrogens (tertiary/aromatic N) is 1. The Labute approximate surface area is 111 Å². The minimum atomic E-state index is -0.430. The van der Waals surface area contributed by atoms with Crippen LogP contribution in [0.25, 0.3) is 11.0 Å². The van der Waals surface area contributed by atoms with Crippen molar-refractivity contribution < 1.29 is 13.9 Å². The van der Waals surface area contributed by atoms with Crippen LogP contribution >= 0.6 is 0 Å². The Balaban J connectivity index is 2.20. The largest absolute Gasteiger partial charge is 0.493 e. The second-order valence-corrected chi connectivity index (χ2v) is 4.96. The number of isocyanates is 1. The van der Waals surface area contributed by atoms with Crippen LogP contribution in [-0.4, -0.2) is 13.2 Å². The van der Waals surface area contributed by atoms with Gasteiger partial charge in [-0.25, -0.2) is 4.79 Å². The van der Waals surface area contributed by atoms with Gasteiger partial charge in [0, 0.05) is 5.39 Å². The maximum Gasteiger partial charge on any atom is 0.235 e. The van der Waals surface area contributed by atoms with Crippen molar-refractivity contribution in [3.8, 4) is 5.75 Å². The summed E-state index contributed by atoms with van der Waals surface area (Å²) in [7, 11) is 1.62. The van der Waals surface area contributed by atoms with Crippen molar-refractivity contribution in [2.24, 2.45) is 4.99 Å². The molecule has 0 radical (unpaired) electrons. The third kappa shape index (κ3) is 1.85. The molecule has 3 rings (SSSR count). The number of aliphatic imine (C=N–C) groups is 1. The standard InChI is InChI=1S/C15H15NO3/c1-18-13-9-12(8-11-4-7-19-14(11)13)15(16-10-17)5-2-3-6-15/h4,7-9H,2-3,5-6H2,1H3. The summed E-state index contributed by atoms with van der Waals surface area (Å²) in [5.74, 6) is 0.685. The fourth-order valence-electron chi connectivity index (χ4n) is 2.98. The molecule has 0 unspecified atom stereocenters. The summed E-state index contributed by atoms with van der Waals surface area (Å²) in [5.41, 5.74) is 1.31. The average Bonchev–Trinajstić information content (AvgIpc) is 3.06. The van der Waals surface area contributed by atoms with E-state index < -0.39 is 5.54 Å². The quantitative estimate of drug-likeness (QED) is 0.624. The Morgan fingerprint density at radius 3 is 2.84 bits per heavy atom. The van der Waals surface area contributed by atoms with E-state index in [1.54, 1.807) is 19.5 Å². The lowest BCUT2D eigenvalue weighted by Crippen LogP contribution is -2.18. The smallest absolute Gasteiger partial charge is 0.235 e. The lowest BCUT2D eigenvalue weighted by atomic mass is 9.88. The number of fused-ring (bicyclic) bond motifs is 1. The summed E-state index contributed by atoms with van der Waals surface area (Å²) in [4.78, 5) is 14.9. The van der Waals surface area contributed by atoms with Crippen LogP contribution in [0.4, 0.5) is 0 Å². The molecule has 1 saturated carbocycles. The molecule has 0 bridgehead atoms. The molecule has 2 aromatic rings. The molecule has 1 aromatic carbocycles. The maximum atomic E-state index is 10.8. The van der Waals surface area contributed by atoms with Crippen molar-refractivity contribution in [1.29, 1.82) is 0 Å². The predicted molar refractivity (Wildman–Crippen MR) is 71.0 cm³/mol. The molecule has 98 valence electrons. The minimum absolute atomic E-state index is 0.430. The van der Waals surface area contributed by atoms with E-state index in [2.05, 4.69) is 4.99 Å². The van der Waals surface area contributed by atoms with Gasteiger partial charge in [0.25, 0.3) is 0 Å². The number of ether oxygens (including phenoxy) is 1. The Morgan fingerprint density at radius 2 is 2.16 bits per heavy atom. The number of hydrogen-bond acceptors (Lipinski definition) is 4.